The molecule has 2 aliphatic rings. The van der Waals surface area contributed by atoms with Crippen LogP contribution in [-0.4, -0.2) is 34.7 Å². The highest BCUT2D eigenvalue weighted by Gasteiger charge is 2.39. The first-order valence-corrected chi connectivity index (χ1v) is 8.20. The first-order chi connectivity index (χ1) is 8.73. The third-order valence-corrected chi connectivity index (χ3v) is 4.97. The maximum Gasteiger partial charge on any atom is 0.0674 e. The van der Waals surface area contributed by atoms with Crippen LogP contribution in [0.15, 0.2) is 0 Å². The number of hydrogen-bond donors (Lipinski definition) is 1. The molecule has 0 bridgehead atoms. The van der Waals surface area contributed by atoms with Crippen molar-refractivity contribution in [2.75, 3.05) is 13.1 Å². The Balaban J connectivity index is 1.62. The van der Waals surface area contributed by atoms with Crippen LogP contribution < -0.4 is 0 Å². The number of piperidine rings is 1. The highest BCUT2D eigenvalue weighted by Crippen LogP contribution is 2.35. The van der Waals surface area contributed by atoms with E-state index in [2.05, 4.69) is 11.8 Å². The van der Waals surface area contributed by atoms with Gasteiger partial charge >= 0.3 is 0 Å². The first kappa shape index (κ1) is 14.3. The lowest BCUT2D eigenvalue weighted by atomic mass is 9.82. The summed E-state index contributed by atoms with van der Waals surface area (Å²) in [5.41, 5.74) is -0.323. The van der Waals surface area contributed by atoms with Crippen LogP contribution in [0, 0.1) is 0 Å². The molecule has 0 radical (unpaired) electrons. The van der Waals surface area contributed by atoms with Crippen molar-refractivity contribution in [2.24, 2.45) is 0 Å². The van der Waals surface area contributed by atoms with E-state index in [-0.39, 0.29) is 5.60 Å². The number of hydrogen-bond acceptors (Lipinski definition) is 2. The van der Waals surface area contributed by atoms with E-state index in [1.165, 1.54) is 57.9 Å². The van der Waals surface area contributed by atoms with Gasteiger partial charge in [-0.25, -0.2) is 0 Å². The Morgan fingerprint density at radius 3 is 2.72 bits per heavy atom. The van der Waals surface area contributed by atoms with Gasteiger partial charge in [0.2, 0.25) is 0 Å². The number of aliphatic hydroxyl groups is 1. The fraction of sp³-hybridized carbons (Fsp3) is 1.00. The quantitative estimate of drug-likeness (QED) is 0.699. The van der Waals surface area contributed by atoms with E-state index in [9.17, 15) is 5.11 Å². The third-order valence-electron chi connectivity index (χ3n) is 4.97. The Hall–Kier alpha value is -0.0800. The molecule has 0 aromatic heterocycles. The van der Waals surface area contributed by atoms with Gasteiger partial charge in [-0.1, -0.05) is 45.4 Å². The zero-order valence-electron chi connectivity index (χ0n) is 12.2. The van der Waals surface area contributed by atoms with Crippen LogP contribution in [0.1, 0.15) is 77.6 Å². The molecule has 106 valence electrons. The molecular weight excluding hydrogens is 222 g/mol. The topological polar surface area (TPSA) is 23.5 Å². The van der Waals surface area contributed by atoms with Gasteiger partial charge in [-0.2, -0.15) is 0 Å². The lowest BCUT2D eigenvalue weighted by Gasteiger charge is -2.41. The second kappa shape index (κ2) is 6.91. The summed E-state index contributed by atoms with van der Waals surface area (Å²) in [6.07, 6.45) is 13.7. The molecule has 2 unspecified atom stereocenters. The summed E-state index contributed by atoms with van der Waals surface area (Å²) in [5.74, 6) is 0. The maximum absolute atomic E-state index is 10.7. The van der Waals surface area contributed by atoms with Gasteiger partial charge in [0.1, 0.15) is 0 Å². The Morgan fingerprint density at radius 1 is 1.11 bits per heavy atom. The van der Waals surface area contributed by atoms with Crippen LogP contribution in [0.5, 0.6) is 0 Å². The fourth-order valence-electron chi connectivity index (χ4n) is 3.77. The average Bonchev–Trinajstić information content (AvgIpc) is 2.80. The molecule has 2 heterocycles. The zero-order valence-corrected chi connectivity index (χ0v) is 12.2. The Kier molecular flexibility index (Phi) is 5.50. The van der Waals surface area contributed by atoms with Gasteiger partial charge in [0, 0.05) is 12.6 Å². The molecule has 0 saturated carbocycles. The molecule has 0 aliphatic carbocycles. The van der Waals surface area contributed by atoms with Crippen molar-refractivity contribution in [3.05, 3.63) is 0 Å². The molecule has 0 aromatic carbocycles. The van der Waals surface area contributed by atoms with E-state index in [1.54, 1.807) is 0 Å². The molecule has 2 aliphatic heterocycles. The van der Waals surface area contributed by atoms with Crippen molar-refractivity contribution in [1.29, 1.82) is 0 Å². The number of unbranched alkanes of at least 4 members (excludes halogenated alkanes) is 5. The van der Waals surface area contributed by atoms with Crippen molar-refractivity contribution in [3.63, 3.8) is 0 Å². The largest absolute Gasteiger partial charge is 0.390 e. The first-order valence-electron chi connectivity index (χ1n) is 8.20. The summed E-state index contributed by atoms with van der Waals surface area (Å²) >= 11 is 0. The molecule has 2 rings (SSSR count). The van der Waals surface area contributed by atoms with Crippen LogP contribution in [0.4, 0.5) is 0 Å². The SMILES string of the molecule is CCCCCCCCC1(O)CCN2CCCC2C1. The standard InChI is InChI=1S/C16H31NO/c1-2-3-4-5-6-7-10-16(18)11-13-17-12-8-9-15(17)14-16/h15,18H,2-14H2,1H3. The van der Waals surface area contributed by atoms with E-state index in [1.807, 2.05) is 0 Å². The molecule has 2 fully saturated rings. The van der Waals surface area contributed by atoms with E-state index in [4.69, 9.17) is 0 Å². The fourth-order valence-corrected chi connectivity index (χ4v) is 3.77. The van der Waals surface area contributed by atoms with Crippen molar-refractivity contribution >= 4 is 0 Å². The molecule has 2 atom stereocenters. The van der Waals surface area contributed by atoms with Gasteiger partial charge in [0.05, 0.1) is 5.60 Å². The number of nitrogens with zero attached hydrogens (tertiary/aromatic N) is 1. The second-order valence-corrected chi connectivity index (χ2v) is 6.53. The van der Waals surface area contributed by atoms with E-state index >= 15 is 0 Å². The highest BCUT2D eigenvalue weighted by molar-refractivity contribution is 4.94. The lowest BCUT2D eigenvalue weighted by Crippen LogP contribution is -2.47. The number of rotatable bonds is 7. The Bertz CT molecular complexity index is 243. The van der Waals surface area contributed by atoms with Crippen molar-refractivity contribution < 1.29 is 5.11 Å². The lowest BCUT2D eigenvalue weighted by molar-refractivity contribution is -0.0434. The Labute approximate surface area is 113 Å². The minimum absolute atomic E-state index is 0.323. The summed E-state index contributed by atoms with van der Waals surface area (Å²) in [4.78, 5) is 2.59. The van der Waals surface area contributed by atoms with Gasteiger partial charge in [0.15, 0.2) is 0 Å². The minimum atomic E-state index is -0.323. The molecule has 1 N–H and O–H groups in total. The molecular formula is C16H31NO. The van der Waals surface area contributed by atoms with Gasteiger partial charge in [-0.05, 0) is 38.6 Å². The number of fused-ring (bicyclic) bond motifs is 1. The van der Waals surface area contributed by atoms with E-state index in [0.717, 1.165) is 25.8 Å². The van der Waals surface area contributed by atoms with Crippen LogP contribution in [0.3, 0.4) is 0 Å². The maximum atomic E-state index is 10.7. The zero-order chi connectivity index (χ0) is 12.8. The van der Waals surface area contributed by atoms with Crippen LogP contribution >= 0.6 is 0 Å². The second-order valence-electron chi connectivity index (χ2n) is 6.53. The minimum Gasteiger partial charge on any atom is -0.390 e. The normalized spacial score (nSPS) is 32.7. The van der Waals surface area contributed by atoms with Crippen LogP contribution in [0.25, 0.3) is 0 Å². The van der Waals surface area contributed by atoms with Gasteiger partial charge in [-0.3, -0.25) is 0 Å². The predicted octanol–water partition coefficient (Wildman–Crippen LogP) is 3.73. The molecule has 2 nitrogen and oxygen atoms in total. The van der Waals surface area contributed by atoms with Crippen LogP contribution in [-0.2, 0) is 0 Å². The summed E-state index contributed by atoms with van der Waals surface area (Å²) in [6.45, 7) is 4.67. The molecule has 0 aromatic rings. The molecule has 18 heavy (non-hydrogen) atoms. The van der Waals surface area contributed by atoms with Crippen molar-refractivity contribution in [3.8, 4) is 0 Å². The molecule has 0 spiro atoms. The summed E-state index contributed by atoms with van der Waals surface area (Å²) in [6, 6.07) is 0.698. The van der Waals surface area contributed by atoms with Crippen molar-refractivity contribution in [1.82, 2.24) is 4.90 Å². The van der Waals surface area contributed by atoms with Crippen molar-refractivity contribution in [2.45, 2.75) is 89.2 Å². The van der Waals surface area contributed by atoms with Crippen LogP contribution in [0.2, 0.25) is 0 Å². The highest BCUT2D eigenvalue weighted by atomic mass is 16.3. The summed E-state index contributed by atoms with van der Waals surface area (Å²) in [5, 5.41) is 10.7. The Morgan fingerprint density at radius 2 is 1.89 bits per heavy atom. The van der Waals surface area contributed by atoms with Gasteiger partial charge in [0.25, 0.3) is 0 Å². The average molecular weight is 253 g/mol. The predicted molar refractivity (Wildman–Crippen MR) is 76.8 cm³/mol. The van der Waals surface area contributed by atoms with E-state index < -0.39 is 0 Å². The molecule has 2 heteroatoms. The summed E-state index contributed by atoms with van der Waals surface area (Å²) < 4.78 is 0. The smallest absolute Gasteiger partial charge is 0.0674 e. The van der Waals surface area contributed by atoms with E-state index in [0.29, 0.717) is 6.04 Å². The van der Waals surface area contributed by atoms with Gasteiger partial charge < -0.3 is 10.0 Å². The third kappa shape index (κ3) is 3.96. The monoisotopic (exact) mass is 253 g/mol. The van der Waals surface area contributed by atoms with Gasteiger partial charge in [-0.15, -0.1) is 0 Å². The summed E-state index contributed by atoms with van der Waals surface area (Å²) in [7, 11) is 0. The molecule has 2 saturated heterocycles. The molecule has 0 amide bonds.